The van der Waals surface area contributed by atoms with Crippen molar-refractivity contribution in [2.45, 2.75) is 39.2 Å². The highest BCUT2D eigenvalue weighted by molar-refractivity contribution is 5.85. The van der Waals surface area contributed by atoms with Crippen LogP contribution in [0.5, 0.6) is 0 Å². The molecule has 1 aromatic rings. The number of piperidine rings is 1. The lowest BCUT2D eigenvalue weighted by molar-refractivity contribution is -0.148. The number of carbonyl (C=O) groups is 2. The number of likely N-dealkylation sites (N-methyl/N-ethyl adjacent to an activating group) is 1. The van der Waals surface area contributed by atoms with Gasteiger partial charge in [-0.25, -0.2) is 0 Å². The summed E-state index contributed by atoms with van der Waals surface area (Å²) < 4.78 is 1.76. The number of carbonyl (C=O) groups excluding carboxylic acids is 2. The highest BCUT2D eigenvalue weighted by atomic mass is 16.2. The van der Waals surface area contributed by atoms with Crippen LogP contribution in [-0.4, -0.2) is 58.6 Å². The first kappa shape index (κ1) is 16.5. The van der Waals surface area contributed by atoms with E-state index >= 15 is 0 Å². The van der Waals surface area contributed by atoms with Gasteiger partial charge in [0.1, 0.15) is 5.54 Å². The Bertz CT molecular complexity index is 535. The Morgan fingerprint density at radius 3 is 2.18 bits per heavy atom. The topological polar surface area (TPSA) is 58.4 Å². The molecule has 0 atom stereocenters. The fourth-order valence-electron chi connectivity index (χ4n) is 3.03. The van der Waals surface area contributed by atoms with E-state index in [1.54, 1.807) is 29.9 Å². The monoisotopic (exact) mass is 306 g/mol. The minimum absolute atomic E-state index is 0.0408. The summed E-state index contributed by atoms with van der Waals surface area (Å²) >= 11 is 0. The average Bonchev–Trinajstić information content (AvgIpc) is 2.99. The van der Waals surface area contributed by atoms with E-state index in [2.05, 4.69) is 5.10 Å². The molecule has 22 heavy (non-hydrogen) atoms. The van der Waals surface area contributed by atoms with Crippen molar-refractivity contribution in [1.29, 1.82) is 0 Å². The minimum atomic E-state index is -0.679. The fraction of sp³-hybridized carbons (Fsp3) is 0.688. The average molecular weight is 306 g/mol. The molecular formula is C16H26N4O2. The number of nitrogens with zero attached hydrogens (tertiary/aromatic N) is 4. The molecule has 2 rings (SSSR count). The molecule has 0 spiro atoms. The van der Waals surface area contributed by atoms with Crippen LogP contribution < -0.4 is 0 Å². The number of aromatic nitrogens is 2. The largest absolute Gasteiger partial charge is 0.347 e. The van der Waals surface area contributed by atoms with Gasteiger partial charge in [-0.2, -0.15) is 5.10 Å². The van der Waals surface area contributed by atoms with E-state index in [9.17, 15) is 9.59 Å². The third kappa shape index (κ3) is 2.87. The van der Waals surface area contributed by atoms with Gasteiger partial charge in [0.25, 0.3) is 0 Å². The molecule has 1 aliphatic heterocycles. The molecule has 6 nitrogen and oxygen atoms in total. The number of likely N-dealkylation sites (tertiary alicyclic amines) is 1. The third-order valence-electron chi connectivity index (χ3n) is 4.27. The molecule has 0 aromatic carbocycles. The molecule has 2 heterocycles. The van der Waals surface area contributed by atoms with Gasteiger partial charge < -0.3 is 9.80 Å². The minimum Gasteiger partial charge on any atom is -0.347 e. The van der Waals surface area contributed by atoms with Crippen LogP contribution in [0.3, 0.4) is 0 Å². The lowest BCUT2D eigenvalue weighted by Crippen LogP contribution is -2.56. The maximum atomic E-state index is 12.8. The van der Waals surface area contributed by atoms with E-state index in [1.165, 1.54) is 0 Å². The number of amides is 2. The second kappa shape index (κ2) is 5.74. The molecule has 0 N–H and O–H groups in total. The van der Waals surface area contributed by atoms with E-state index in [0.717, 1.165) is 0 Å². The van der Waals surface area contributed by atoms with E-state index in [1.807, 2.05) is 37.9 Å². The van der Waals surface area contributed by atoms with Crippen molar-refractivity contribution >= 4 is 11.8 Å². The van der Waals surface area contributed by atoms with Gasteiger partial charge in [0, 0.05) is 45.0 Å². The summed E-state index contributed by atoms with van der Waals surface area (Å²) in [6.45, 7) is 6.94. The van der Waals surface area contributed by atoms with Crippen molar-refractivity contribution in [2.75, 3.05) is 27.2 Å². The molecule has 0 saturated carbocycles. The fourth-order valence-corrected chi connectivity index (χ4v) is 3.03. The zero-order chi connectivity index (χ0) is 16.5. The predicted octanol–water partition coefficient (Wildman–Crippen LogP) is 1.34. The summed E-state index contributed by atoms with van der Waals surface area (Å²) in [5, 5.41) is 4.30. The van der Waals surface area contributed by atoms with Crippen molar-refractivity contribution in [3.63, 3.8) is 0 Å². The Morgan fingerprint density at radius 2 is 1.77 bits per heavy atom. The zero-order valence-corrected chi connectivity index (χ0v) is 14.2. The maximum Gasteiger partial charge on any atom is 0.250 e. The SMILES string of the molecule is CN(C)C(=O)C1(n2cccn2)CCN(C(=O)C(C)(C)C)CC1. The number of hydrogen-bond acceptors (Lipinski definition) is 3. The second-order valence-electron chi connectivity index (χ2n) is 7.22. The smallest absolute Gasteiger partial charge is 0.250 e. The summed E-state index contributed by atoms with van der Waals surface area (Å²) in [6.07, 6.45) is 4.71. The van der Waals surface area contributed by atoms with E-state index < -0.39 is 11.0 Å². The Balaban J connectivity index is 2.23. The normalized spacial score (nSPS) is 18.1. The van der Waals surface area contributed by atoms with Crippen LogP contribution in [0.25, 0.3) is 0 Å². The quantitative estimate of drug-likeness (QED) is 0.828. The van der Waals surface area contributed by atoms with Crippen LogP contribution in [-0.2, 0) is 15.1 Å². The zero-order valence-electron chi connectivity index (χ0n) is 14.2. The molecule has 1 aliphatic rings. The van der Waals surface area contributed by atoms with Gasteiger partial charge >= 0.3 is 0 Å². The van der Waals surface area contributed by atoms with Crippen LogP contribution >= 0.6 is 0 Å². The Hall–Kier alpha value is -1.85. The molecule has 0 aliphatic carbocycles. The number of hydrogen-bond donors (Lipinski definition) is 0. The van der Waals surface area contributed by atoms with Crippen LogP contribution in [0, 0.1) is 5.41 Å². The number of rotatable bonds is 2. The molecule has 0 bridgehead atoms. The van der Waals surface area contributed by atoms with Crippen LogP contribution in [0.4, 0.5) is 0 Å². The van der Waals surface area contributed by atoms with Gasteiger partial charge in [0.05, 0.1) is 0 Å². The third-order valence-corrected chi connectivity index (χ3v) is 4.27. The van der Waals surface area contributed by atoms with Crippen molar-refractivity contribution < 1.29 is 9.59 Å². The molecule has 1 saturated heterocycles. The Kier molecular flexibility index (Phi) is 4.31. The molecule has 0 radical (unpaired) electrons. The predicted molar refractivity (Wildman–Crippen MR) is 84.2 cm³/mol. The summed E-state index contributed by atoms with van der Waals surface area (Å²) in [5.41, 5.74) is -1.07. The van der Waals surface area contributed by atoms with Crippen molar-refractivity contribution in [2.24, 2.45) is 5.41 Å². The summed E-state index contributed by atoms with van der Waals surface area (Å²) in [6, 6.07) is 1.83. The van der Waals surface area contributed by atoms with Crippen LogP contribution in [0.1, 0.15) is 33.6 Å². The Morgan fingerprint density at radius 1 is 1.18 bits per heavy atom. The van der Waals surface area contributed by atoms with Crippen LogP contribution in [0.15, 0.2) is 18.5 Å². The molecule has 6 heteroatoms. The molecule has 1 fully saturated rings. The van der Waals surface area contributed by atoms with Gasteiger partial charge in [-0.05, 0) is 18.9 Å². The van der Waals surface area contributed by atoms with Crippen molar-refractivity contribution in [1.82, 2.24) is 19.6 Å². The highest BCUT2D eigenvalue weighted by Gasteiger charge is 2.46. The molecule has 122 valence electrons. The van der Waals surface area contributed by atoms with E-state index in [0.29, 0.717) is 25.9 Å². The summed E-state index contributed by atoms with van der Waals surface area (Å²) in [7, 11) is 3.53. The summed E-state index contributed by atoms with van der Waals surface area (Å²) in [5.74, 6) is 0.179. The first-order valence-electron chi connectivity index (χ1n) is 7.70. The lowest BCUT2D eigenvalue weighted by Gasteiger charge is -2.43. The second-order valence-corrected chi connectivity index (χ2v) is 7.22. The van der Waals surface area contributed by atoms with Crippen LogP contribution in [0.2, 0.25) is 0 Å². The molecule has 1 aromatic heterocycles. The lowest BCUT2D eigenvalue weighted by atomic mass is 9.84. The molecule has 0 unspecified atom stereocenters. The van der Waals surface area contributed by atoms with E-state index in [-0.39, 0.29) is 11.8 Å². The standard InChI is InChI=1S/C16H26N4O2/c1-15(2,3)13(21)19-11-7-16(8-12-19,14(22)18(4)5)20-10-6-9-17-20/h6,9-10H,7-8,11-12H2,1-5H3. The van der Waals surface area contributed by atoms with Gasteiger partial charge in [-0.15, -0.1) is 0 Å². The highest BCUT2D eigenvalue weighted by Crippen LogP contribution is 2.33. The van der Waals surface area contributed by atoms with E-state index in [4.69, 9.17) is 0 Å². The van der Waals surface area contributed by atoms with Crippen molar-refractivity contribution in [3.8, 4) is 0 Å². The van der Waals surface area contributed by atoms with Gasteiger partial charge in [-0.1, -0.05) is 20.8 Å². The first-order chi connectivity index (χ1) is 10.2. The molecule has 2 amide bonds. The van der Waals surface area contributed by atoms with Crippen molar-refractivity contribution in [3.05, 3.63) is 18.5 Å². The van der Waals surface area contributed by atoms with Gasteiger partial charge in [0.2, 0.25) is 11.8 Å². The molecular weight excluding hydrogens is 280 g/mol. The van der Waals surface area contributed by atoms with Gasteiger partial charge in [0.15, 0.2) is 0 Å². The Labute approximate surface area is 132 Å². The maximum absolute atomic E-state index is 12.8. The summed E-state index contributed by atoms with van der Waals surface area (Å²) in [4.78, 5) is 28.7. The van der Waals surface area contributed by atoms with Gasteiger partial charge in [-0.3, -0.25) is 14.3 Å². The first-order valence-corrected chi connectivity index (χ1v) is 7.70.